The van der Waals surface area contributed by atoms with Crippen molar-refractivity contribution in [2.24, 2.45) is 11.8 Å². The van der Waals surface area contributed by atoms with Gasteiger partial charge in [-0.15, -0.1) is 0 Å². The molecule has 1 aliphatic carbocycles. The molecule has 0 radical (unpaired) electrons. The van der Waals surface area contributed by atoms with Gasteiger partial charge in [-0.25, -0.2) is 15.0 Å². The van der Waals surface area contributed by atoms with Gasteiger partial charge < -0.3 is 20.5 Å². The van der Waals surface area contributed by atoms with Gasteiger partial charge in [0.25, 0.3) is 0 Å². The van der Waals surface area contributed by atoms with E-state index in [1.54, 1.807) is 6.33 Å². The second kappa shape index (κ2) is 4.18. The number of anilines is 1. The van der Waals surface area contributed by atoms with Crippen molar-refractivity contribution in [3.8, 4) is 0 Å². The SMILES string of the molecule is Nc1ncnc2c1ncn2[C@H]1C[C@H](CO)[C@@H]1CO. The molecule has 0 amide bonds. The number of rotatable bonds is 3. The van der Waals surface area contributed by atoms with Crippen LogP contribution in [0.4, 0.5) is 5.82 Å². The van der Waals surface area contributed by atoms with E-state index >= 15 is 0 Å². The standard InChI is InChI=1S/C11H15N5O2/c12-10-9-11(14-4-13-10)16(5-15-9)8-1-6(2-17)7(8)3-18/h4-8,17-18H,1-3H2,(H2,12,13,14)/t6-,7+,8+/m1/s1. The van der Waals surface area contributed by atoms with Gasteiger partial charge in [-0.2, -0.15) is 0 Å². The zero-order chi connectivity index (χ0) is 12.7. The lowest BCUT2D eigenvalue weighted by Crippen LogP contribution is -2.42. The number of nitrogens with two attached hydrogens (primary N) is 1. The summed E-state index contributed by atoms with van der Waals surface area (Å²) in [4.78, 5) is 12.3. The Morgan fingerprint density at radius 3 is 2.83 bits per heavy atom. The molecule has 96 valence electrons. The van der Waals surface area contributed by atoms with Crippen molar-refractivity contribution >= 4 is 17.0 Å². The zero-order valence-electron chi connectivity index (χ0n) is 9.77. The van der Waals surface area contributed by atoms with Crippen LogP contribution in [-0.4, -0.2) is 42.9 Å². The summed E-state index contributed by atoms with van der Waals surface area (Å²) in [7, 11) is 0. The molecule has 2 aromatic heterocycles. The molecule has 0 spiro atoms. The van der Waals surface area contributed by atoms with Crippen molar-refractivity contribution in [3.63, 3.8) is 0 Å². The lowest BCUT2D eigenvalue weighted by Gasteiger charge is -2.43. The Bertz CT molecular complexity index is 570. The van der Waals surface area contributed by atoms with E-state index in [0.29, 0.717) is 17.0 Å². The topological polar surface area (TPSA) is 110 Å². The average molecular weight is 249 g/mol. The molecular formula is C11H15N5O2. The normalized spacial score (nSPS) is 27.3. The average Bonchev–Trinajstić information content (AvgIpc) is 2.75. The van der Waals surface area contributed by atoms with Gasteiger partial charge in [-0.1, -0.05) is 0 Å². The lowest BCUT2D eigenvalue weighted by molar-refractivity contribution is -0.00529. The Labute approximate surface area is 103 Å². The first-order valence-electron chi connectivity index (χ1n) is 5.91. The van der Waals surface area contributed by atoms with Crippen LogP contribution in [0.1, 0.15) is 12.5 Å². The predicted octanol–water partition coefficient (Wildman–Crippen LogP) is -0.430. The fraction of sp³-hybridized carbons (Fsp3) is 0.545. The third kappa shape index (κ3) is 1.48. The molecule has 4 N–H and O–H groups in total. The summed E-state index contributed by atoms with van der Waals surface area (Å²) in [5.41, 5.74) is 7.00. The highest BCUT2D eigenvalue weighted by atomic mass is 16.3. The first kappa shape index (κ1) is 11.4. The predicted molar refractivity (Wildman–Crippen MR) is 64.5 cm³/mol. The van der Waals surface area contributed by atoms with E-state index in [-0.39, 0.29) is 31.1 Å². The Morgan fingerprint density at radius 2 is 2.11 bits per heavy atom. The zero-order valence-corrected chi connectivity index (χ0v) is 9.77. The van der Waals surface area contributed by atoms with E-state index in [1.807, 2.05) is 4.57 Å². The molecular weight excluding hydrogens is 234 g/mol. The monoisotopic (exact) mass is 249 g/mol. The smallest absolute Gasteiger partial charge is 0.165 e. The quantitative estimate of drug-likeness (QED) is 0.681. The first-order chi connectivity index (χ1) is 8.76. The Morgan fingerprint density at radius 1 is 1.28 bits per heavy atom. The van der Waals surface area contributed by atoms with Gasteiger partial charge in [0.15, 0.2) is 11.5 Å². The molecule has 1 saturated carbocycles. The van der Waals surface area contributed by atoms with Crippen molar-refractivity contribution in [1.29, 1.82) is 0 Å². The minimum absolute atomic E-state index is 0.0450. The highest BCUT2D eigenvalue weighted by molar-refractivity contribution is 5.81. The molecule has 0 aromatic carbocycles. The summed E-state index contributed by atoms with van der Waals surface area (Å²) >= 11 is 0. The van der Waals surface area contributed by atoms with Crippen LogP contribution < -0.4 is 5.73 Å². The number of aromatic nitrogens is 4. The van der Waals surface area contributed by atoms with E-state index in [1.165, 1.54) is 6.33 Å². The molecule has 2 aromatic rings. The molecule has 0 aliphatic heterocycles. The molecule has 7 heteroatoms. The van der Waals surface area contributed by atoms with Crippen LogP contribution in [-0.2, 0) is 0 Å². The lowest BCUT2D eigenvalue weighted by atomic mass is 9.70. The number of hydrogen-bond acceptors (Lipinski definition) is 6. The second-order valence-electron chi connectivity index (χ2n) is 4.68. The Hall–Kier alpha value is -1.73. The molecule has 3 rings (SSSR count). The van der Waals surface area contributed by atoms with Gasteiger partial charge in [-0.05, 0) is 12.3 Å². The van der Waals surface area contributed by atoms with Crippen molar-refractivity contribution in [2.45, 2.75) is 12.5 Å². The van der Waals surface area contributed by atoms with Crippen molar-refractivity contribution < 1.29 is 10.2 Å². The summed E-state index contributed by atoms with van der Waals surface area (Å²) in [6.07, 6.45) is 3.90. The third-order valence-corrected chi connectivity index (χ3v) is 3.83. The summed E-state index contributed by atoms with van der Waals surface area (Å²) in [5.74, 6) is 0.553. The Balaban J connectivity index is 1.99. The summed E-state index contributed by atoms with van der Waals surface area (Å²) in [5, 5.41) is 18.6. The number of nitrogen functional groups attached to an aromatic ring is 1. The number of nitrogens with zero attached hydrogens (tertiary/aromatic N) is 4. The molecule has 0 bridgehead atoms. The van der Waals surface area contributed by atoms with E-state index in [9.17, 15) is 10.2 Å². The maximum atomic E-state index is 9.38. The summed E-state index contributed by atoms with van der Waals surface area (Å²) in [6.45, 7) is 0.154. The van der Waals surface area contributed by atoms with Gasteiger partial charge in [0.05, 0.1) is 6.33 Å². The van der Waals surface area contributed by atoms with Crippen LogP contribution in [0.25, 0.3) is 11.2 Å². The molecule has 7 nitrogen and oxygen atoms in total. The van der Waals surface area contributed by atoms with E-state index in [0.717, 1.165) is 6.42 Å². The number of imidazole rings is 1. The maximum Gasteiger partial charge on any atom is 0.165 e. The first-order valence-corrected chi connectivity index (χ1v) is 5.91. The minimum Gasteiger partial charge on any atom is -0.396 e. The van der Waals surface area contributed by atoms with Crippen LogP contribution in [0.2, 0.25) is 0 Å². The highest BCUT2D eigenvalue weighted by Crippen LogP contribution is 2.44. The molecule has 18 heavy (non-hydrogen) atoms. The number of fused-ring (bicyclic) bond motifs is 1. The van der Waals surface area contributed by atoms with Crippen LogP contribution in [0.5, 0.6) is 0 Å². The van der Waals surface area contributed by atoms with Crippen molar-refractivity contribution in [1.82, 2.24) is 19.5 Å². The van der Waals surface area contributed by atoms with E-state index < -0.39 is 0 Å². The van der Waals surface area contributed by atoms with Crippen molar-refractivity contribution in [3.05, 3.63) is 12.7 Å². The summed E-state index contributed by atoms with van der Waals surface area (Å²) in [6, 6.07) is 0.117. The minimum atomic E-state index is 0.0450. The molecule has 0 unspecified atom stereocenters. The fourth-order valence-electron chi connectivity index (χ4n) is 2.69. The highest BCUT2D eigenvalue weighted by Gasteiger charge is 2.41. The van der Waals surface area contributed by atoms with Crippen LogP contribution >= 0.6 is 0 Å². The fourth-order valence-corrected chi connectivity index (χ4v) is 2.69. The van der Waals surface area contributed by atoms with Gasteiger partial charge in [-0.3, -0.25) is 0 Å². The van der Waals surface area contributed by atoms with Crippen LogP contribution in [0.15, 0.2) is 12.7 Å². The number of aliphatic hydroxyl groups is 2. The molecule has 1 fully saturated rings. The summed E-state index contributed by atoms with van der Waals surface area (Å²) < 4.78 is 1.92. The third-order valence-electron chi connectivity index (χ3n) is 3.83. The molecule has 1 aliphatic rings. The van der Waals surface area contributed by atoms with E-state index in [2.05, 4.69) is 15.0 Å². The second-order valence-corrected chi connectivity index (χ2v) is 4.68. The van der Waals surface area contributed by atoms with Gasteiger partial charge in [0, 0.05) is 25.2 Å². The van der Waals surface area contributed by atoms with Gasteiger partial charge >= 0.3 is 0 Å². The molecule has 3 atom stereocenters. The largest absolute Gasteiger partial charge is 0.396 e. The number of hydrogen-bond donors (Lipinski definition) is 3. The number of aliphatic hydroxyl groups excluding tert-OH is 2. The molecule has 0 saturated heterocycles. The van der Waals surface area contributed by atoms with Crippen LogP contribution in [0, 0.1) is 11.8 Å². The van der Waals surface area contributed by atoms with Crippen molar-refractivity contribution in [2.75, 3.05) is 18.9 Å². The maximum absolute atomic E-state index is 9.38. The van der Waals surface area contributed by atoms with E-state index in [4.69, 9.17) is 5.73 Å². The van der Waals surface area contributed by atoms with Gasteiger partial charge in [0.1, 0.15) is 11.8 Å². The van der Waals surface area contributed by atoms with Crippen LogP contribution in [0.3, 0.4) is 0 Å². The molecule has 2 heterocycles. The van der Waals surface area contributed by atoms with Gasteiger partial charge in [0.2, 0.25) is 0 Å². The Kier molecular flexibility index (Phi) is 2.64.